The van der Waals surface area contributed by atoms with Gasteiger partial charge in [-0.05, 0) is 43.9 Å². The molecule has 0 bridgehead atoms. The lowest BCUT2D eigenvalue weighted by molar-refractivity contribution is -0.137. The SMILES string of the molecule is NC1CCC(C(=O)Nc2cc(C(F)(F)F)ccc2Cl)CC1. The molecule has 0 radical (unpaired) electrons. The molecule has 1 aromatic rings. The van der Waals surface area contributed by atoms with Crippen LogP contribution in [-0.2, 0) is 11.0 Å². The number of carbonyl (C=O) groups excluding carboxylic acids is 1. The predicted octanol–water partition coefficient (Wildman–Crippen LogP) is 3.81. The van der Waals surface area contributed by atoms with Gasteiger partial charge in [-0.1, -0.05) is 11.6 Å². The molecule has 0 unspecified atom stereocenters. The topological polar surface area (TPSA) is 55.1 Å². The highest BCUT2D eigenvalue weighted by Crippen LogP contribution is 2.34. The van der Waals surface area contributed by atoms with E-state index < -0.39 is 11.7 Å². The first-order chi connectivity index (χ1) is 9.77. The molecule has 1 aromatic carbocycles. The molecule has 1 aliphatic rings. The molecule has 0 spiro atoms. The number of carbonyl (C=O) groups is 1. The fourth-order valence-corrected chi connectivity index (χ4v) is 2.58. The van der Waals surface area contributed by atoms with Gasteiger partial charge in [0.1, 0.15) is 0 Å². The molecule has 0 saturated heterocycles. The summed E-state index contributed by atoms with van der Waals surface area (Å²) in [4.78, 5) is 12.1. The van der Waals surface area contributed by atoms with Gasteiger partial charge in [-0.2, -0.15) is 13.2 Å². The zero-order chi connectivity index (χ0) is 15.6. The summed E-state index contributed by atoms with van der Waals surface area (Å²) >= 11 is 5.85. The molecule has 0 aliphatic heterocycles. The molecule has 0 atom stereocenters. The number of halogens is 4. The minimum absolute atomic E-state index is 0.00800. The molecule has 3 N–H and O–H groups in total. The van der Waals surface area contributed by atoms with E-state index in [4.69, 9.17) is 17.3 Å². The van der Waals surface area contributed by atoms with E-state index in [1.54, 1.807) is 0 Å². The van der Waals surface area contributed by atoms with Crippen LogP contribution in [0.5, 0.6) is 0 Å². The normalized spacial score (nSPS) is 22.9. The van der Waals surface area contributed by atoms with Crippen molar-refractivity contribution in [2.75, 3.05) is 5.32 Å². The predicted molar refractivity (Wildman–Crippen MR) is 75.0 cm³/mol. The van der Waals surface area contributed by atoms with Crippen molar-refractivity contribution in [3.05, 3.63) is 28.8 Å². The van der Waals surface area contributed by atoms with Gasteiger partial charge < -0.3 is 11.1 Å². The fourth-order valence-electron chi connectivity index (χ4n) is 2.41. The van der Waals surface area contributed by atoms with E-state index in [1.807, 2.05) is 0 Å². The molecule has 1 saturated carbocycles. The molecule has 1 fully saturated rings. The van der Waals surface area contributed by atoms with Crippen molar-refractivity contribution in [3.63, 3.8) is 0 Å². The summed E-state index contributed by atoms with van der Waals surface area (Å²) in [6, 6.07) is 2.98. The number of nitrogens with one attached hydrogen (secondary N) is 1. The Hall–Kier alpha value is -1.27. The summed E-state index contributed by atoms with van der Waals surface area (Å²) in [5.74, 6) is -0.529. The lowest BCUT2D eigenvalue weighted by atomic mass is 9.86. The minimum Gasteiger partial charge on any atom is -0.328 e. The highest BCUT2D eigenvalue weighted by atomic mass is 35.5. The van der Waals surface area contributed by atoms with E-state index >= 15 is 0 Å². The van der Waals surface area contributed by atoms with Crippen molar-refractivity contribution in [1.82, 2.24) is 0 Å². The Balaban J connectivity index is 2.10. The van der Waals surface area contributed by atoms with Gasteiger partial charge >= 0.3 is 6.18 Å². The maximum Gasteiger partial charge on any atom is 0.416 e. The summed E-state index contributed by atoms with van der Waals surface area (Å²) in [6.45, 7) is 0. The largest absolute Gasteiger partial charge is 0.416 e. The van der Waals surface area contributed by atoms with E-state index in [0.29, 0.717) is 12.8 Å². The summed E-state index contributed by atoms with van der Waals surface area (Å²) < 4.78 is 38.0. The van der Waals surface area contributed by atoms with Crippen molar-refractivity contribution in [2.24, 2.45) is 11.7 Å². The van der Waals surface area contributed by atoms with Crippen LogP contribution in [0.15, 0.2) is 18.2 Å². The smallest absolute Gasteiger partial charge is 0.328 e. The molecule has 1 aliphatic carbocycles. The molecule has 7 heteroatoms. The third kappa shape index (κ3) is 4.11. The summed E-state index contributed by atoms with van der Waals surface area (Å²) in [5.41, 5.74) is 4.92. The van der Waals surface area contributed by atoms with Crippen LogP contribution in [0.4, 0.5) is 18.9 Å². The van der Waals surface area contributed by atoms with E-state index in [-0.39, 0.29) is 28.6 Å². The van der Waals surface area contributed by atoms with Gasteiger partial charge in [0.15, 0.2) is 0 Å². The minimum atomic E-state index is -4.47. The number of alkyl halides is 3. The van der Waals surface area contributed by atoms with Gasteiger partial charge in [0, 0.05) is 12.0 Å². The number of anilines is 1. The summed E-state index contributed by atoms with van der Waals surface area (Å²) in [6.07, 6.45) is -1.70. The maximum atomic E-state index is 12.7. The molecule has 0 aromatic heterocycles. The van der Waals surface area contributed by atoms with Crippen molar-refractivity contribution < 1.29 is 18.0 Å². The fraction of sp³-hybridized carbons (Fsp3) is 0.500. The Labute approximate surface area is 125 Å². The number of amides is 1. The number of hydrogen-bond acceptors (Lipinski definition) is 2. The van der Waals surface area contributed by atoms with Crippen molar-refractivity contribution in [3.8, 4) is 0 Å². The summed E-state index contributed by atoms with van der Waals surface area (Å²) in [5, 5.41) is 2.58. The number of hydrogen-bond donors (Lipinski definition) is 2. The van der Waals surface area contributed by atoms with Gasteiger partial charge in [-0.15, -0.1) is 0 Å². The second kappa shape index (κ2) is 6.23. The zero-order valence-corrected chi connectivity index (χ0v) is 12.0. The molecule has 116 valence electrons. The van der Waals surface area contributed by atoms with Crippen LogP contribution in [0, 0.1) is 5.92 Å². The van der Waals surface area contributed by atoms with E-state index in [9.17, 15) is 18.0 Å². The molecule has 3 nitrogen and oxygen atoms in total. The van der Waals surface area contributed by atoms with E-state index in [1.165, 1.54) is 0 Å². The molecule has 21 heavy (non-hydrogen) atoms. The Bertz CT molecular complexity index is 525. The third-order valence-corrected chi connectivity index (χ3v) is 4.02. The van der Waals surface area contributed by atoms with Crippen LogP contribution in [0.1, 0.15) is 31.2 Å². The van der Waals surface area contributed by atoms with Gasteiger partial charge in [-0.3, -0.25) is 4.79 Å². The summed E-state index contributed by atoms with van der Waals surface area (Å²) in [7, 11) is 0. The second-order valence-electron chi connectivity index (χ2n) is 5.29. The Kier molecular flexibility index (Phi) is 4.78. The number of benzene rings is 1. The highest BCUT2D eigenvalue weighted by Gasteiger charge is 2.31. The molecular weight excluding hydrogens is 305 g/mol. The van der Waals surface area contributed by atoms with Crippen molar-refractivity contribution in [2.45, 2.75) is 37.9 Å². The average molecular weight is 321 g/mol. The van der Waals surface area contributed by atoms with E-state index in [0.717, 1.165) is 31.0 Å². The maximum absolute atomic E-state index is 12.7. The first kappa shape index (κ1) is 16.1. The van der Waals surface area contributed by atoms with Crippen LogP contribution in [0.2, 0.25) is 5.02 Å². The first-order valence-corrected chi connectivity index (χ1v) is 7.08. The third-order valence-electron chi connectivity index (χ3n) is 3.69. The van der Waals surface area contributed by atoms with Gasteiger partial charge in [-0.25, -0.2) is 0 Å². The highest BCUT2D eigenvalue weighted by molar-refractivity contribution is 6.33. The van der Waals surface area contributed by atoms with E-state index in [2.05, 4.69) is 5.32 Å². The second-order valence-corrected chi connectivity index (χ2v) is 5.70. The van der Waals surface area contributed by atoms with Gasteiger partial charge in [0.2, 0.25) is 5.91 Å². The molecule has 2 rings (SSSR count). The van der Waals surface area contributed by atoms with Crippen LogP contribution in [0.25, 0.3) is 0 Å². The Morgan fingerprint density at radius 3 is 2.43 bits per heavy atom. The number of rotatable bonds is 2. The zero-order valence-electron chi connectivity index (χ0n) is 11.2. The lowest BCUT2D eigenvalue weighted by Crippen LogP contribution is -2.32. The quantitative estimate of drug-likeness (QED) is 0.870. The monoisotopic (exact) mass is 320 g/mol. The van der Waals surface area contributed by atoms with Crippen LogP contribution in [-0.4, -0.2) is 11.9 Å². The van der Waals surface area contributed by atoms with Crippen LogP contribution in [0.3, 0.4) is 0 Å². The van der Waals surface area contributed by atoms with Gasteiger partial charge in [0.05, 0.1) is 16.3 Å². The Morgan fingerprint density at radius 2 is 1.86 bits per heavy atom. The average Bonchev–Trinajstić information content (AvgIpc) is 2.40. The van der Waals surface area contributed by atoms with Gasteiger partial charge in [0.25, 0.3) is 0 Å². The Morgan fingerprint density at radius 1 is 1.24 bits per heavy atom. The lowest BCUT2D eigenvalue weighted by Gasteiger charge is -2.25. The number of nitrogens with two attached hydrogens (primary N) is 1. The van der Waals surface area contributed by atoms with Crippen LogP contribution >= 0.6 is 11.6 Å². The molecule has 0 heterocycles. The molecular formula is C14H16ClF3N2O. The van der Waals surface area contributed by atoms with Crippen LogP contribution < -0.4 is 11.1 Å². The molecule has 1 amide bonds. The standard InChI is InChI=1S/C14H16ClF3N2O/c15-11-6-3-9(14(16,17)18)7-12(11)20-13(21)8-1-4-10(19)5-2-8/h3,6-8,10H,1-2,4-5,19H2,(H,20,21). The van der Waals surface area contributed by atoms with Crippen molar-refractivity contribution >= 4 is 23.2 Å². The first-order valence-electron chi connectivity index (χ1n) is 6.70. The van der Waals surface area contributed by atoms with Crippen molar-refractivity contribution in [1.29, 1.82) is 0 Å².